The molecule has 0 amide bonds. The molecule has 2 unspecified atom stereocenters. The number of hydrogen-bond donors (Lipinski definition) is 4. The van der Waals surface area contributed by atoms with Crippen LogP contribution in [0.1, 0.15) is 0 Å². The molecule has 8 nitrogen and oxygen atoms in total. The first-order chi connectivity index (χ1) is 6.36. The van der Waals surface area contributed by atoms with Crippen molar-refractivity contribution in [3.63, 3.8) is 0 Å². The third-order valence-corrected chi connectivity index (χ3v) is 1.17. The van der Waals surface area contributed by atoms with Crippen LogP contribution < -0.4 is 0 Å². The van der Waals surface area contributed by atoms with Gasteiger partial charge < -0.3 is 25.2 Å². The molecule has 0 saturated heterocycles. The van der Waals surface area contributed by atoms with Crippen molar-refractivity contribution in [3.8, 4) is 0 Å². The summed E-state index contributed by atoms with van der Waals surface area (Å²) in [5.41, 5.74) is 0. The van der Waals surface area contributed by atoms with Gasteiger partial charge in [0.25, 0.3) is 0 Å². The van der Waals surface area contributed by atoms with Crippen LogP contribution in [-0.4, -0.2) is 57.1 Å². The van der Waals surface area contributed by atoms with Crippen molar-refractivity contribution in [3.05, 3.63) is 0 Å². The molecule has 0 radical (unpaired) electrons. The van der Waals surface area contributed by atoms with Crippen LogP contribution in [0.25, 0.3) is 0 Å². The van der Waals surface area contributed by atoms with Gasteiger partial charge >= 0.3 is 17.9 Å². The van der Waals surface area contributed by atoms with E-state index in [9.17, 15) is 14.4 Å². The lowest BCUT2D eigenvalue weighted by atomic mass is 10.2. The number of aliphatic hydroxyl groups is 1. The number of carboxylic acid groups (broad SMARTS) is 3. The average Bonchev–Trinajstić information content (AvgIpc) is 2.02. The maximum Gasteiger partial charge on any atom is 0.336 e. The molecular formula is C6H8O8. The van der Waals surface area contributed by atoms with Crippen molar-refractivity contribution in [2.45, 2.75) is 12.2 Å². The van der Waals surface area contributed by atoms with Gasteiger partial charge in [-0.15, -0.1) is 0 Å². The smallest absolute Gasteiger partial charge is 0.336 e. The highest BCUT2D eigenvalue weighted by Crippen LogP contribution is 2.00. The van der Waals surface area contributed by atoms with Crippen LogP contribution in [0.5, 0.6) is 0 Å². The quantitative estimate of drug-likeness (QED) is 0.392. The maximum absolute atomic E-state index is 10.3. The number of aliphatic carboxylic acids is 3. The van der Waals surface area contributed by atoms with Crippen molar-refractivity contribution in [1.82, 2.24) is 0 Å². The zero-order valence-electron chi connectivity index (χ0n) is 6.78. The number of rotatable bonds is 6. The molecule has 0 fully saturated rings. The highest BCUT2D eigenvalue weighted by molar-refractivity contribution is 5.83. The van der Waals surface area contributed by atoms with Gasteiger partial charge in [-0.1, -0.05) is 0 Å². The number of ether oxygens (including phenoxy) is 1. The molecule has 80 valence electrons. The minimum atomic E-state index is -2.30. The minimum Gasteiger partial charge on any atom is -0.480 e. The standard InChI is InChI=1S/C6H8O8/c7-2(8)1-14-4(6(12)13)3(9)5(10)11/h3-4,9H,1H2,(H,7,8)(H,10,11)(H,12,13). The van der Waals surface area contributed by atoms with Gasteiger partial charge in [-0.25, -0.2) is 14.4 Å². The largest absolute Gasteiger partial charge is 0.480 e. The number of aliphatic hydroxyl groups excluding tert-OH is 1. The molecular weight excluding hydrogens is 200 g/mol. The van der Waals surface area contributed by atoms with Gasteiger partial charge in [0.05, 0.1) is 0 Å². The van der Waals surface area contributed by atoms with Crippen LogP contribution in [0.3, 0.4) is 0 Å². The summed E-state index contributed by atoms with van der Waals surface area (Å²) < 4.78 is 4.16. The zero-order chi connectivity index (χ0) is 11.3. The summed E-state index contributed by atoms with van der Waals surface area (Å²) in [6, 6.07) is 0. The van der Waals surface area contributed by atoms with Gasteiger partial charge in [0.15, 0.2) is 12.2 Å². The van der Waals surface area contributed by atoms with E-state index in [4.69, 9.17) is 20.4 Å². The fourth-order valence-electron chi connectivity index (χ4n) is 0.588. The van der Waals surface area contributed by atoms with E-state index in [0.29, 0.717) is 0 Å². The molecule has 0 aliphatic heterocycles. The molecule has 14 heavy (non-hydrogen) atoms. The van der Waals surface area contributed by atoms with E-state index in [-0.39, 0.29) is 0 Å². The first kappa shape index (κ1) is 12.3. The average molecular weight is 208 g/mol. The molecule has 4 N–H and O–H groups in total. The monoisotopic (exact) mass is 208 g/mol. The Hall–Kier alpha value is -1.67. The summed E-state index contributed by atoms with van der Waals surface area (Å²) in [6.45, 7) is -0.999. The van der Waals surface area contributed by atoms with Gasteiger partial charge in [0.1, 0.15) is 6.61 Å². The van der Waals surface area contributed by atoms with E-state index in [0.717, 1.165) is 0 Å². The van der Waals surface area contributed by atoms with E-state index in [1.54, 1.807) is 0 Å². The Kier molecular flexibility index (Phi) is 4.53. The Morgan fingerprint density at radius 2 is 1.57 bits per heavy atom. The maximum atomic E-state index is 10.3. The highest BCUT2D eigenvalue weighted by atomic mass is 16.5. The molecule has 0 aromatic carbocycles. The zero-order valence-corrected chi connectivity index (χ0v) is 6.78. The highest BCUT2D eigenvalue weighted by Gasteiger charge is 2.33. The Bertz CT molecular complexity index is 246. The summed E-state index contributed by atoms with van der Waals surface area (Å²) in [5, 5.41) is 33.5. The van der Waals surface area contributed by atoms with Gasteiger partial charge in [0, 0.05) is 0 Å². The molecule has 8 heteroatoms. The van der Waals surface area contributed by atoms with Crippen LogP contribution in [-0.2, 0) is 19.1 Å². The lowest BCUT2D eigenvalue weighted by molar-refractivity contribution is -0.174. The van der Waals surface area contributed by atoms with Crippen LogP contribution in [0.15, 0.2) is 0 Å². The Morgan fingerprint density at radius 1 is 1.07 bits per heavy atom. The fourth-order valence-corrected chi connectivity index (χ4v) is 0.588. The van der Waals surface area contributed by atoms with Crippen LogP contribution in [0.4, 0.5) is 0 Å². The van der Waals surface area contributed by atoms with Crippen molar-refractivity contribution in [2.24, 2.45) is 0 Å². The summed E-state index contributed by atoms with van der Waals surface area (Å²) in [5.74, 6) is -5.02. The topological polar surface area (TPSA) is 141 Å². The van der Waals surface area contributed by atoms with Crippen molar-refractivity contribution < 1.29 is 39.5 Å². The van der Waals surface area contributed by atoms with Gasteiger partial charge in [0.2, 0.25) is 0 Å². The molecule has 0 aliphatic rings. The molecule has 0 bridgehead atoms. The van der Waals surface area contributed by atoms with Crippen molar-refractivity contribution in [2.75, 3.05) is 6.61 Å². The third kappa shape index (κ3) is 3.83. The Morgan fingerprint density at radius 3 is 1.86 bits per heavy atom. The third-order valence-electron chi connectivity index (χ3n) is 1.17. The lowest BCUT2D eigenvalue weighted by Crippen LogP contribution is -2.42. The van der Waals surface area contributed by atoms with E-state index < -0.39 is 36.7 Å². The number of hydrogen-bond acceptors (Lipinski definition) is 5. The molecule has 0 aromatic heterocycles. The van der Waals surface area contributed by atoms with Crippen molar-refractivity contribution >= 4 is 17.9 Å². The van der Waals surface area contributed by atoms with Crippen molar-refractivity contribution in [1.29, 1.82) is 0 Å². The summed E-state index contributed by atoms with van der Waals surface area (Å²) in [4.78, 5) is 30.4. The van der Waals surface area contributed by atoms with E-state index >= 15 is 0 Å². The molecule has 0 rings (SSSR count). The SMILES string of the molecule is O=C(O)COC(C(=O)O)C(O)C(=O)O. The van der Waals surface area contributed by atoms with E-state index in [1.807, 2.05) is 0 Å². The van der Waals surface area contributed by atoms with Gasteiger partial charge in [-0.2, -0.15) is 0 Å². The minimum absolute atomic E-state index is 0.999. The van der Waals surface area contributed by atoms with Crippen LogP contribution in [0, 0.1) is 0 Å². The first-order valence-electron chi connectivity index (χ1n) is 3.33. The van der Waals surface area contributed by atoms with Gasteiger partial charge in [-0.05, 0) is 0 Å². The first-order valence-corrected chi connectivity index (χ1v) is 3.33. The van der Waals surface area contributed by atoms with E-state index in [2.05, 4.69) is 4.74 Å². The number of carbonyl (C=O) groups is 3. The normalized spacial score (nSPS) is 14.4. The molecule has 0 spiro atoms. The molecule has 0 heterocycles. The second-order valence-electron chi connectivity index (χ2n) is 2.25. The Labute approximate surface area is 77.3 Å². The molecule has 2 atom stereocenters. The molecule has 0 aromatic rings. The second kappa shape index (κ2) is 5.14. The van der Waals surface area contributed by atoms with Crippen LogP contribution >= 0.6 is 0 Å². The van der Waals surface area contributed by atoms with Crippen LogP contribution in [0.2, 0.25) is 0 Å². The predicted molar refractivity (Wildman–Crippen MR) is 38.7 cm³/mol. The van der Waals surface area contributed by atoms with Gasteiger partial charge in [-0.3, -0.25) is 0 Å². The summed E-state index contributed by atoms with van der Waals surface area (Å²) >= 11 is 0. The number of carboxylic acids is 3. The summed E-state index contributed by atoms with van der Waals surface area (Å²) in [6.07, 6.45) is -4.39. The lowest BCUT2D eigenvalue weighted by Gasteiger charge is -2.14. The van der Waals surface area contributed by atoms with E-state index in [1.165, 1.54) is 0 Å². The fraction of sp³-hybridized carbons (Fsp3) is 0.500. The predicted octanol–water partition coefficient (Wildman–Crippen LogP) is -2.01. The Balaban J connectivity index is 4.37. The molecule has 0 aliphatic carbocycles. The molecule has 0 saturated carbocycles. The second-order valence-corrected chi connectivity index (χ2v) is 2.25. The summed E-state index contributed by atoms with van der Waals surface area (Å²) in [7, 11) is 0.